The van der Waals surface area contributed by atoms with Gasteiger partial charge in [-0.25, -0.2) is 4.98 Å². The van der Waals surface area contributed by atoms with Crippen LogP contribution >= 0.6 is 0 Å². The number of nitrogens with one attached hydrogen (secondary N) is 1. The first kappa shape index (κ1) is 7.81. The third-order valence-corrected chi connectivity index (χ3v) is 0.593. The lowest BCUT2D eigenvalue weighted by Gasteiger charge is -1.73. The van der Waals surface area contributed by atoms with Crippen LogP contribution in [0.4, 0.5) is 4.39 Å². The minimum atomic E-state index is -0.116. The van der Waals surface area contributed by atoms with Gasteiger partial charge in [0, 0.05) is 12.3 Å². The second-order valence-electron chi connectivity index (χ2n) is 1.10. The summed E-state index contributed by atoms with van der Waals surface area (Å²) in [6, 6.07) is 1.36. The van der Waals surface area contributed by atoms with E-state index in [0.29, 0.717) is 7.18 Å². The summed E-state index contributed by atoms with van der Waals surface area (Å²) in [4.78, 5) is 16.1. The second-order valence-corrected chi connectivity index (χ2v) is 1.10. The minimum absolute atomic E-state index is 0.116. The molecule has 0 saturated heterocycles. The van der Waals surface area contributed by atoms with E-state index in [1.165, 1.54) is 18.6 Å². The van der Waals surface area contributed by atoms with E-state index >= 15 is 0 Å². The highest BCUT2D eigenvalue weighted by Crippen LogP contribution is 1.57. The van der Waals surface area contributed by atoms with E-state index in [4.69, 9.17) is 0 Å². The van der Waals surface area contributed by atoms with Crippen LogP contribution < -0.4 is 5.56 Å². The van der Waals surface area contributed by atoms with Crippen LogP contribution in [0.2, 0.25) is 0 Å². The lowest BCUT2D eigenvalue weighted by atomic mass is 10.7. The minimum Gasteiger partial charge on any atom is -0.313 e. The Labute approximate surface area is 51.6 Å². The summed E-state index contributed by atoms with van der Waals surface area (Å²) < 4.78 is 9.50. The molecule has 1 aromatic rings. The van der Waals surface area contributed by atoms with Gasteiger partial charge in [0.25, 0.3) is 5.56 Å². The van der Waals surface area contributed by atoms with Crippen LogP contribution in [0.1, 0.15) is 0 Å². The molecule has 0 radical (unpaired) electrons. The van der Waals surface area contributed by atoms with Crippen LogP contribution in [-0.2, 0) is 0 Å². The molecule has 0 aromatic carbocycles. The number of H-pyrrole nitrogens is 1. The van der Waals surface area contributed by atoms with Crippen LogP contribution in [0, 0.1) is 0 Å². The van der Waals surface area contributed by atoms with Crippen molar-refractivity contribution in [1.82, 2.24) is 9.97 Å². The molecule has 4 heteroatoms. The monoisotopic (exact) mass is 130 g/mol. The van der Waals surface area contributed by atoms with E-state index in [1.54, 1.807) is 0 Å². The number of alkyl halides is 1. The molecular weight excluding hydrogens is 123 g/mol. The Morgan fingerprint density at radius 2 is 2.33 bits per heavy atom. The van der Waals surface area contributed by atoms with E-state index < -0.39 is 0 Å². The fourth-order valence-electron chi connectivity index (χ4n) is 0.303. The summed E-state index contributed by atoms with van der Waals surface area (Å²) in [5.74, 6) is 0. The molecule has 0 aliphatic heterocycles. The van der Waals surface area contributed by atoms with E-state index in [-0.39, 0.29) is 5.56 Å². The molecule has 0 spiro atoms. The normalized spacial score (nSPS) is 7.33. The van der Waals surface area contributed by atoms with Gasteiger partial charge >= 0.3 is 0 Å². The average Bonchev–Trinajstić information content (AvgIpc) is 1.94. The number of hydrogen-bond acceptors (Lipinski definition) is 2. The maximum atomic E-state index is 10.2. The standard InChI is InChI=1S/C4H4N2O.CH3F/c7-4-1-2-5-3-6-4;1-2/h1-3H,(H,5,6,7);1H3. The third kappa shape index (κ3) is 3.40. The van der Waals surface area contributed by atoms with Crippen LogP contribution in [0.25, 0.3) is 0 Å². The number of halogens is 1. The molecule has 0 aliphatic rings. The molecule has 0 fully saturated rings. The number of nitrogens with zero attached hydrogens (tertiary/aromatic N) is 1. The second kappa shape index (κ2) is 4.96. The van der Waals surface area contributed by atoms with Crippen molar-refractivity contribution in [3.05, 3.63) is 28.9 Å². The Hall–Kier alpha value is -1.19. The summed E-state index contributed by atoms with van der Waals surface area (Å²) in [6.45, 7) is 0. The van der Waals surface area contributed by atoms with Crippen molar-refractivity contribution in [3.63, 3.8) is 0 Å². The van der Waals surface area contributed by atoms with Gasteiger partial charge < -0.3 is 4.98 Å². The molecule has 0 bridgehead atoms. The van der Waals surface area contributed by atoms with E-state index in [9.17, 15) is 9.18 Å². The summed E-state index contributed by atoms with van der Waals surface area (Å²) >= 11 is 0. The number of rotatable bonds is 0. The first-order valence-corrected chi connectivity index (χ1v) is 2.26. The number of hydrogen-bond donors (Lipinski definition) is 1. The van der Waals surface area contributed by atoms with Crippen molar-refractivity contribution < 1.29 is 4.39 Å². The SMILES string of the molecule is CF.O=c1ccnc[nH]1. The highest BCUT2D eigenvalue weighted by atomic mass is 19.1. The predicted octanol–water partition coefficient (Wildman–Crippen LogP) is 0.356. The molecule has 3 nitrogen and oxygen atoms in total. The summed E-state index contributed by atoms with van der Waals surface area (Å²) in [5, 5.41) is 0. The highest BCUT2D eigenvalue weighted by Gasteiger charge is 1.70. The van der Waals surface area contributed by atoms with Crippen molar-refractivity contribution in [2.75, 3.05) is 7.18 Å². The first-order chi connectivity index (χ1) is 4.39. The van der Waals surface area contributed by atoms with Gasteiger partial charge in [-0.1, -0.05) is 0 Å². The lowest BCUT2D eigenvalue weighted by Crippen LogP contribution is -2.00. The average molecular weight is 130 g/mol. The van der Waals surface area contributed by atoms with E-state index in [1.807, 2.05) is 0 Å². The molecule has 0 aliphatic carbocycles. The van der Waals surface area contributed by atoms with Gasteiger partial charge in [0.2, 0.25) is 0 Å². The molecule has 0 amide bonds. The van der Waals surface area contributed by atoms with Crippen molar-refractivity contribution in [3.8, 4) is 0 Å². The van der Waals surface area contributed by atoms with Gasteiger partial charge in [-0.3, -0.25) is 9.18 Å². The smallest absolute Gasteiger partial charge is 0.250 e. The topological polar surface area (TPSA) is 45.8 Å². The summed E-state index contributed by atoms with van der Waals surface area (Å²) in [5.41, 5.74) is -0.116. The van der Waals surface area contributed by atoms with Crippen LogP contribution in [0.15, 0.2) is 23.4 Å². The summed E-state index contributed by atoms with van der Waals surface area (Å²) in [7, 11) is 0.500. The van der Waals surface area contributed by atoms with Crippen LogP contribution in [0.5, 0.6) is 0 Å². The number of aromatic amines is 1. The summed E-state index contributed by atoms with van der Waals surface area (Å²) in [6.07, 6.45) is 2.79. The first-order valence-electron chi connectivity index (χ1n) is 2.26. The Morgan fingerprint density at radius 3 is 2.56 bits per heavy atom. The zero-order chi connectivity index (χ0) is 7.11. The maximum absolute atomic E-state index is 10.2. The molecule has 1 heterocycles. The van der Waals surface area contributed by atoms with Gasteiger partial charge in [0.15, 0.2) is 0 Å². The van der Waals surface area contributed by atoms with Gasteiger partial charge in [-0.05, 0) is 0 Å². The van der Waals surface area contributed by atoms with Crippen LogP contribution in [0.3, 0.4) is 0 Å². The van der Waals surface area contributed by atoms with Crippen molar-refractivity contribution in [1.29, 1.82) is 0 Å². The zero-order valence-corrected chi connectivity index (χ0v) is 4.97. The molecule has 1 rings (SSSR count). The molecule has 9 heavy (non-hydrogen) atoms. The molecule has 50 valence electrons. The number of aromatic nitrogens is 2. The van der Waals surface area contributed by atoms with Gasteiger partial charge in [0.1, 0.15) is 0 Å². The molecule has 0 unspecified atom stereocenters. The van der Waals surface area contributed by atoms with Crippen molar-refractivity contribution >= 4 is 0 Å². The highest BCUT2D eigenvalue weighted by molar-refractivity contribution is 4.76. The molecule has 1 N–H and O–H groups in total. The van der Waals surface area contributed by atoms with E-state index in [0.717, 1.165) is 0 Å². The molecule has 0 saturated carbocycles. The molecule has 0 atom stereocenters. The fourth-order valence-corrected chi connectivity index (χ4v) is 0.303. The fraction of sp³-hybridized carbons (Fsp3) is 0.200. The molecular formula is C5H7FN2O. The largest absolute Gasteiger partial charge is 0.313 e. The molecule has 1 aromatic heterocycles. The van der Waals surface area contributed by atoms with Gasteiger partial charge in [-0.15, -0.1) is 0 Å². The quantitative estimate of drug-likeness (QED) is 0.551. The van der Waals surface area contributed by atoms with Gasteiger partial charge in [0.05, 0.1) is 13.5 Å². The predicted molar refractivity (Wildman–Crippen MR) is 31.9 cm³/mol. The van der Waals surface area contributed by atoms with Crippen LogP contribution in [-0.4, -0.2) is 17.1 Å². The van der Waals surface area contributed by atoms with Gasteiger partial charge in [-0.2, -0.15) is 0 Å². The Morgan fingerprint density at radius 1 is 1.67 bits per heavy atom. The zero-order valence-electron chi connectivity index (χ0n) is 4.97. The Kier molecular flexibility index (Phi) is 4.30. The lowest BCUT2D eigenvalue weighted by molar-refractivity contribution is 0.636. The maximum Gasteiger partial charge on any atom is 0.250 e. The van der Waals surface area contributed by atoms with Crippen molar-refractivity contribution in [2.24, 2.45) is 0 Å². The Bertz CT molecular complexity index is 181. The van der Waals surface area contributed by atoms with E-state index in [2.05, 4.69) is 9.97 Å². The van der Waals surface area contributed by atoms with Crippen molar-refractivity contribution in [2.45, 2.75) is 0 Å². The Balaban J connectivity index is 0.000000291. The third-order valence-electron chi connectivity index (χ3n) is 0.593.